The Kier molecular flexibility index (Phi) is 6.31. The predicted molar refractivity (Wildman–Crippen MR) is 108 cm³/mol. The van der Waals surface area contributed by atoms with Gasteiger partial charge in [-0.15, -0.1) is 11.6 Å². The van der Waals surface area contributed by atoms with Crippen LogP contribution in [0, 0.1) is 12.3 Å². The molecule has 0 spiro atoms. The first kappa shape index (κ1) is 18.8. The summed E-state index contributed by atoms with van der Waals surface area (Å²) < 4.78 is 4.95. The van der Waals surface area contributed by atoms with Gasteiger partial charge in [0, 0.05) is 10.2 Å². The number of hydrogen-bond donors (Lipinski definition) is 0. The van der Waals surface area contributed by atoms with E-state index in [4.69, 9.17) is 16.3 Å². The molecule has 3 heteroatoms. The third kappa shape index (κ3) is 6.18. The second-order valence-electron chi connectivity index (χ2n) is 7.40. The van der Waals surface area contributed by atoms with Crippen LogP contribution in [-0.4, -0.2) is 16.8 Å². The molecule has 2 aromatic rings. The summed E-state index contributed by atoms with van der Waals surface area (Å²) in [7, 11) is 1.04. The van der Waals surface area contributed by atoms with Crippen LogP contribution in [0.25, 0.3) is 0 Å². The molecule has 0 radical (unpaired) electrons. The van der Waals surface area contributed by atoms with Gasteiger partial charge in [-0.1, -0.05) is 80.1 Å². The number of rotatable bonds is 2. The van der Waals surface area contributed by atoms with Crippen LogP contribution >= 0.6 is 11.6 Å². The Balaban J connectivity index is 0.000000219. The minimum atomic E-state index is -0.0198. The van der Waals surface area contributed by atoms with Crippen LogP contribution in [0.4, 0.5) is 0 Å². The Morgan fingerprint density at radius 3 is 2.29 bits per heavy atom. The quantitative estimate of drug-likeness (QED) is 0.444. The van der Waals surface area contributed by atoms with Crippen LogP contribution in [0.3, 0.4) is 0 Å². The second-order valence-corrected chi connectivity index (χ2v) is 8.91. The van der Waals surface area contributed by atoms with Crippen molar-refractivity contribution in [2.75, 3.05) is 6.61 Å². The van der Waals surface area contributed by atoms with E-state index in [1.165, 1.54) is 21.9 Å². The Morgan fingerprint density at radius 1 is 1.12 bits per heavy atom. The molecule has 0 N–H and O–H groups in total. The first-order valence-electron chi connectivity index (χ1n) is 8.37. The molecule has 1 nitrogen and oxygen atoms in total. The van der Waals surface area contributed by atoms with Crippen molar-refractivity contribution >= 4 is 27.0 Å². The van der Waals surface area contributed by atoms with Gasteiger partial charge in [0.1, 0.15) is 12.4 Å². The third-order valence-corrected chi connectivity index (χ3v) is 5.10. The Morgan fingerprint density at radius 2 is 1.79 bits per heavy atom. The minimum absolute atomic E-state index is 0.0198. The first-order chi connectivity index (χ1) is 11.3. The van der Waals surface area contributed by atoms with Gasteiger partial charge in [0.2, 0.25) is 0 Å². The maximum absolute atomic E-state index is 6.53. The van der Waals surface area contributed by atoms with E-state index in [1.54, 1.807) is 0 Å². The summed E-state index contributed by atoms with van der Waals surface area (Å²) in [5, 5.41) is 1.36. The lowest BCUT2D eigenvalue weighted by Gasteiger charge is -2.13. The fourth-order valence-corrected chi connectivity index (χ4v) is 3.70. The molecule has 1 saturated heterocycles. The van der Waals surface area contributed by atoms with Crippen LogP contribution < -0.4 is 5.19 Å². The highest BCUT2D eigenvalue weighted by molar-refractivity contribution is 6.35. The monoisotopic (exact) mass is 358 g/mol. The molecule has 1 aliphatic rings. The Hall–Kier alpha value is -1.51. The average Bonchev–Trinajstić information content (AvgIpc) is 3.30. The van der Waals surface area contributed by atoms with Crippen molar-refractivity contribution in [1.82, 2.24) is 0 Å². The summed E-state index contributed by atoms with van der Waals surface area (Å²) in [4.78, 5) is 0. The van der Waals surface area contributed by atoms with Crippen molar-refractivity contribution in [1.29, 1.82) is 0 Å². The number of alkyl halides is 1. The van der Waals surface area contributed by atoms with Gasteiger partial charge in [-0.3, -0.25) is 0 Å². The Labute approximate surface area is 154 Å². The van der Waals surface area contributed by atoms with E-state index in [-0.39, 0.29) is 5.38 Å². The van der Waals surface area contributed by atoms with Crippen molar-refractivity contribution in [2.24, 2.45) is 5.41 Å². The molecule has 1 aliphatic heterocycles. The Bertz CT molecular complexity index is 710. The van der Waals surface area contributed by atoms with Crippen molar-refractivity contribution in [3.63, 3.8) is 0 Å². The molecule has 0 bridgehead atoms. The zero-order chi connectivity index (χ0) is 17.7. The fraction of sp³-hybridized carbons (Fsp3) is 0.333. The second kappa shape index (κ2) is 8.04. The molecule has 0 aromatic heterocycles. The maximum Gasteiger partial charge on any atom is 0.145 e. The summed E-state index contributed by atoms with van der Waals surface area (Å²) in [6, 6.07) is 16.8. The summed E-state index contributed by atoms with van der Waals surface area (Å²) in [6.07, 6.45) is 2.16. The molecular formula is C21H27ClOSi. The van der Waals surface area contributed by atoms with E-state index in [0.717, 1.165) is 22.6 Å². The number of aryl methyl sites for hydroxylation is 1. The molecule has 1 fully saturated rings. The van der Waals surface area contributed by atoms with Gasteiger partial charge in [0.05, 0.1) is 5.38 Å². The molecular weight excluding hydrogens is 332 g/mol. The molecule has 0 amide bonds. The highest BCUT2D eigenvalue weighted by Crippen LogP contribution is 2.27. The largest absolute Gasteiger partial charge is 0.487 e. The molecule has 1 heterocycles. The number of allylic oxidation sites excluding steroid dienone is 1. The normalized spacial score (nSPS) is 16.1. The van der Waals surface area contributed by atoms with Crippen molar-refractivity contribution in [2.45, 2.75) is 33.1 Å². The highest BCUT2D eigenvalue weighted by atomic mass is 35.5. The lowest BCUT2D eigenvalue weighted by molar-refractivity contribution is 0.488. The van der Waals surface area contributed by atoms with Gasteiger partial charge in [-0.25, -0.2) is 0 Å². The summed E-state index contributed by atoms with van der Waals surface area (Å²) >= 11 is 6.53. The lowest BCUT2D eigenvalue weighted by atomic mass is 9.96. The lowest BCUT2D eigenvalue weighted by Crippen LogP contribution is -2.11. The van der Waals surface area contributed by atoms with E-state index in [9.17, 15) is 0 Å². The first-order valence-corrected chi connectivity index (χ1v) is 9.80. The van der Waals surface area contributed by atoms with E-state index >= 15 is 0 Å². The average molecular weight is 359 g/mol. The molecule has 128 valence electrons. The number of ether oxygens (including phenoxy) is 1. The van der Waals surface area contributed by atoms with Crippen LogP contribution in [0.1, 0.15) is 42.8 Å². The van der Waals surface area contributed by atoms with E-state index < -0.39 is 0 Å². The number of benzene rings is 2. The van der Waals surface area contributed by atoms with Gasteiger partial charge in [0.15, 0.2) is 0 Å². The third-order valence-electron chi connectivity index (χ3n) is 3.70. The van der Waals surface area contributed by atoms with E-state index in [0.29, 0.717) is 5.41 Å². The van der Waals surface area contributed by atoms with Gasteiger partial charge in [-0.2, -0.15) is 0 Å². The molecule has 1 atom stereocenters. The van der Waals surface area contributed by atoms with E-state index in [2.05, 4.69) is 82.3 Å². The SMILES string of the molecule is CC(C)(C)C=C1CO1.Cc1cccc(C(Cl)c2ccccc2[SiH3])c1. The summed E-state index contributed by atoms with van der Waals surface area (Å²) in [5.74, 6) is 1.15. The van der Waals surface area contributed by atoms with Crippen LogP contribution in [0.2, 0.25) is 0 Å². The zero-order valence-corrected chi connectivity index (χ0v) is 18.0. The fourth-order valence-electron chi connectivity index (χ4n) is 2.49. The molecule has 2 aromatic carbocycles. The smallest absolute Gasteiger partial charge is 0.145 e. The number of halogens is 1. The van der Waals surface area contributed by atoms with Crippen molar-refractivity contribution in [3.05, 3.63) is 77.1 Å². The minimum Gasteiger partial charge on any atom is -0.487 e. The van der Waals surface area contributed by atoms with Crippen molar-refractivity contribution in [3.8, 4) is 0 Å². The van der Waals surface area contributed by atoms with Crippen LogP contribution in [0.15, 0.2) is 60.4 Å². The van der Waals surface area contributed by atoms with Gasteiger partial charge in [0.25, 0.3) is 0 Å². The zero-order valence-electron chi connectivity index (χ0n) is 15.3. The predicted octanol–water partition coefficient (Wildman–Crippen LogP) is 4.26. The number of epoxide rings is 1. The van der Waals surface area contributed by atoms with E-state index in [1.807, 2.05) is 0 Å². The standard InChI is InChI=1S/C14H15ClSi.C7H12O/c1-10-5-4-6-11(9-10)14(15)12-7-2-3-8-13(12)16;1-7(2,3)4-6-5-8-6/h2-9,14H,1,16H3;4H,5H2,1-3H3. The van der Waals surface area contributed by atoms with Gasteiger partial charge < -0.3 is 4.74 Å². The molecule has 0 saturated carbocycles. The maximum atomic E-state index is 6.53. The summed E-state index contributed by atoms with van der Waals surface area (Å²) in [6.45, 7) is 9.46. The van der Waals surface area contributed by atoms with Gasteiger partial charge in [-0.05, 0) is 29.5 Å². The molecule has 24 heavy (non-hydrogen) atoms. The number of hydrogen-bond acceptors (Lipinski definition) is 1. The van der Waals surface area contributed by atoms with Crippen LogP contribution in [0.5, 0.6) is 0 Å². The van der Waals surface area contributed by atoms with Crippen molar-refractivity contribution < 1.29 is 4.74 Å². The molecule has 0 aliphatic carbocycles. The molecule has 3 rings (SSSR count). The van der Waals surface area contributed by atoms with Crippen LogP contribution in [-0.2, 0) is 4.74 Å². The van der Waals surface area contributed by atoms with Gasteiger partial charge >= 0.3 is 0 Å². The highest BCUT2D eigenvalue weighted by Gasteiger charge is 2.17. The summed E-state index contributed by atoms with van der Waals surface area (Å²) in [5.41, 5.74) is 3.99. The molecule has 1 unspecified atom stereocenters. The topological polar surface area (TPSA) is 12.5 Å².